The fraction of sp³-hybridized carbons (Fsp3) is 0.467. The Morgan fingerprint density at radius 2 is 2.31 bits per heavy atom. The van der Waals surface area contributed by atoms with Gasteiger partial charge < -0.3 is 4.42 Å². The molecule has 1 nitrogen and oxygen atoms in total. The predicted octanol–water partition coefficient (Wildman–Crippen LogP) is 4.07. The molecular weight excluding hydrogens is 196 g/mol. The molecular formula is C15H20O. The van der Waals surface area contributed by atoms with Crippen molar-refractivity contribution in [2.45, 2.75) is 33.6 Å². The van der Waals surface area contributed by atoms with E-state index < -0.39 is 0 Å². The van der Waals surface area contributed by atoms with Crippen LogP contribution in [-0.4, -0.2) is 0 Å². The van der Waals surface area contributed by atoms with Gasteiger partial charge in [0.25, 0.3) is 0 Å². The topological polar surface area (TPSA) is 13.1 Å². The van der Waals surface area contributed by atoms with Crippen LogP contribution in [0, 0.1) is 18.3 Å². The fourth-order valence-electron chi connectivity index (χ4n) is 2.80. The zero-order valence-electron chi connectivity index (χ0n) is 10.5. The van der Waals surface area contributed by atoms with Crippen LogP contribution in [0.2, 0.25) is 0 Å². The van der Waals surface area contributed by atoms with Crippen LogP contribution in [0.15, 0.2) is 35.5 Å². The quantitative estimate of drug-likeness (QED) is 0.679. The molecule has 1 aromatic rings. The van der Waals surface area contributed by atoms with E-state index in [4.69, 9.17) is 4.42 Å². The smallest absolute Gasteiger partial charge is 0.108 e. The lowest BCUT2D eigenvalue weighted by Gasteiger charge is -2.39. The molecule has 0 N–H and O–H groups in total. The lowest BCUT2D eigenvalue weighted by Crippen LogP contribution is -2.34. The maximum Gasteiger partial charge on any atom is 0.108 e. The highest BCUT2D eigenvalue weighted by Gasteiger charge is 2.39. The summed E-state index contributed by atoms with van der Waals surface area (Å²) in [6, 6.07) is 0. The zero-order chi connectivity index (χ0) is 11.9. The van der Waals surface area contributed by atoms with Crippen LogP contribution in [-0.2, 0) is 12.8 Å². The third-order valence-electron chi connectivity index (χ3n) is 4.00. The molecule has 1 aromatic heterocycles. The van der Waals surface area contributed by atoms with Crippen molar-refractivity contribution in [1.82, 2.24) is 0 Å². The maximum absolute atomic E-state index is 5.63. The van der Waals surface area contributed by atoms with Crippen molar-refractivity contribution in [1.29, 1.82) is 0 Å². The number of rotatable bonds is 2. The first kappa shape index (κ1) is 11.3. The number of hydrogen-bond acceptors (Lipinski definition) is 1. The summed E-state index contributed by atoms with van der Waals surface area (Å²) in [5.41, 5.74) is 3.98. The summed E-state index contributed by atoms with van der Waals surface area (Å²) in [6.45, 7) is 14.6. The Kier molecular flexibility index (Phi) is 2.57. The Balaban J connectivity index is 2.46. The van der Waals surface area contributed by atoms with Crippen molar-refractivity contribution < 1.29 is 4.42 Å². The molecule has 1 aliphatic rings. The normalized spacial score (nSPS) is 28.6. The van der Waals surface area contributed by atoms with Gasteiger partial charge in [0, 0.05) is 6.42 Å². The summed E-state index contributed by atoms with van der Waals surface area (Å²) < 4.78 is 5.63. The summed E-state index contributed by atoms with van der Waals surface area (Å²) in [5.74, 6) is 1.62. The third kappa shape index (κ3) is 1.55. The molecule has 2 atom stereocenters. The van der Waals surface area contributed by atoms with E-state index in [1.807, 2.05) is 6.26 Å². The van der Waals surface area contributed by atoms with Gasteiger partial charge in [0.2, 0.25) is 0 Å². The Morgan fingerprint density at radius 3 is 2.88 bits per heavy atom. The van der Waals surface area contributed by atoms with Gasteiger partial charge in [-0.05, 0) is 42.7 Å². The van der Waals surface area contributed by atoms with Crippen molar-refractivity contribution in [2.24, 2.45) is 11.3 Å². The van der Waals surface area contributed by atoms with Gasteiger partial charge in [-0.15, -0.1) is 6.58 Å². The number of aryl methyl sites for hydroxylation is 1. The molecule has 0 aromatic carbocycles. The van der Waals surface area contributed by atoms with Gasteiger partial charge in [0.05, 0.1) is 6.26 Å². The first-order valence-corrected chi connectivity index (χ1v) is 5.83. The molecule has 0 bridgehead atoms. The minimum atomic E-state index is 0.0864. The van der Waals surface area contributed by atoms with Crippen LogP contribution in [0.3, 0.4) is 0 Å². The molecule has 1 heterocycles. The van der Waals surface area contributed by atoms with Crippen LogP contribution in [0.1, 0.15) is 30.7 Å². The highest BCUT2D eigenvalue weighted by molar-refractivity contribution is 5.34. The van der Waals surface area contributed by atoms with Crippen LogP contribution < -0.4 is 0 Å². The van der Waals surface area contributed by atoms with Crippen molar-refractivity contribution >= 4 is 0 Å². The van der Waals surface area contributed by atoms with Gasteiger partial charge in [-0.3, -0.25) is 0 Å². The monoisotopic (exact) mass is 216 g/mol. The molecule has 1 aliphatic carbocycles. The Labute approximate surface area is 97.9 Å². The molecule has 0 unspecified atom stereocenters. The molecule has 0 saturated carbocycles. The molecule has 1 heteroatoms. The Morgan fingerprint density at radius 1 is 1.62 bits per heavy atom. The second kappa shape index (κ2) is 3.65. The second-order valence-electron chi connectivity index (χ2n) is 5.31. The van der Waals surface area contributed by atoms with E-state index in [0.717, 1.165) is 18.6 Å². The van der Waals surface area contributed by atoms with Crippen molar-refractivity contribution in [3.8, 4) is 0 Å². The number of hydrogen-bond donors (Lipinski definition) is 0. The van der Waals surface area contributed by atoms with Gasteiger partial charge in [0.1, 0.15) is 5.76 Å². The van der Waals surface area contributed by atoms with E-state index in [0.29, 0.717) is 5.92 Å². The summed E-state index contributed by atoms with van der Waals surface area (Å²) >= 11 is 0. The molecule has 0 radical (unpaired) electrons. The van der Waals surface area contributed by atoms with Crippen molar-refractivity contribution in [3.63, 3.8) is 0 Å². The molecule has 0 aliphatic heterocycles. The van der Waals surface area contributed by atoms with Gasteiger partial charge >= 0.3 is 0 Å². The minimum Gasteiger partial charge on any atom is -0.469 e. The first-order valence-electron chi connectivity index (χ1n) is 5.83. The van der Waals surface area contributed by atoms with Crippen molar-refractivity contribution in [3.05, 3.63) is 48.0 Å². The van der Waals surface area contributed by atoms with E-state index in [-0.39, 0.29) is 5.41 Å². The summed E-state index contributed by atoms with van der Waals surface area (Å²) in [7, 11) is 0. The van der Waals surface area contributed by atoms with Gasteiger partial charge in [0.15, 0.2) is 0 Å². The summed E-state index contributed by atoms with van der Waals surface area (Å²) in [5, 5.41) is 0. The first-order chi connectivity index (χ1) is 7.48. The van der Waals surface area contributed by atoms with E-state index in [1.54, 1.807) is 0 Å². The lowest BCUT2D eigenvalue weighted by molar-refractivity contribution is 0.248. The summed E-state index contributed by atoms with van der Waals surface area (Å²) in [4.78, 5) is 0. The standard InChI is InChI=1S/C15H20O/c1-6-15(5)8-14-12(11(4)9-16-14)7-13(15)10(2)3/h6,9,13H,1-2,7-8H2,3-5H3/t13-,15-/m1/s1. The lowest BCUT2D eigenvalue weighted by atomic mass is 9.65. The van der Waals surface area contributed by atoms with E-state index in [1.165, 1.54) is 16.7 Å². The summed E-state index contributed by atoms with van der Waals surface area (Å²) in [6.07, 6.45) is 5.91. The number of furan rings is 1. The molecule has 16 heavy (non-hydrogen) atoms. The third-order valence-corrected chi connectivity index (χ3v) is 4.00. The number of allylic oxidation sites excluding steroid dienone is 2. The highest BCUT2D eigenvalue weighted by atomic mass is 16.3. The van der Waals surface area contributed by atoms with E-state index in [2.05, 4.69) is 40.0 Å². The molecule has 0 saturated heterocycles. The van der Waals surface area contributed by atoms with Gasteiger partial charge in [-0.1, -0.05) is 25.2 Å². The molecule has 86 valence electrons. The van der Waals surface area contributed by atoms with Crippen LogP contribution in [0.5, 0.6) is 0 Å². The largest absolute Gasteiger partial charge is 0.469 e. The number of fused-ring (bicyclic) bond motifs is 1. The average Bonchev–Trinajstić information content (AvgIpc) is 2.58. The zero-order valence-corrected chi connectivity index (χ0v) is 10.5. The Bertz CT molecular complexity index is 438. The highest BCUT2D eigenvalue weighted by Crippen LogP contribution is 2.45. The molecule has 0 spiro atoms. The fourth-order valence-corrected chi connectivity index (χ4v) is 2.80. The van der Waals surface area contributed by atoms with E-state index >= 15 is 0 Å². The molecule has 0 fully saturated rings. The predicted molar refractivity (Wildman–Crippen MR) is 67.5 cm³/mol. The Hall–Kier alpha value is -1.24. The van der Waals surface area contributed by atoms with E-state index in [9.17, 15) is 0 Å². The molecule has 2 rings (SSSR count). The van der Waals surface area contributed by atoms with Crippen LogP contribution >= 0.6 is 0 Å². The maximum atomic E-state index is 5.63. The van der Waals surface area contributed by atoms with Gasteiger partial charge in [-0.2, -0.15) is 0 Å². The van der Waals surface area contributed by atoms with Crippen LogP contribution in [0.4, 0.5) is 0 Å². The molecule has 0 amide bonds. The average molecular weight is 216 g/mol. The second-order valence-corrected chi connectivity index (χ2v) is 5.31. The van der Waals surface area contributed by atoms with Crippen molar-refractivity contribution in [2.75, 3.05) is 0 Å². The van der Waals surface area contributed by atoms with Crippen LogP contribution in [0.25, 0.3) is 0 Å². The minimum absolute atomic E-state index is 0.0864. The SMILES string of the molecule is C=C[C@]1(C)Cc2occ(C)c2C[C@@H]1C(=C)C. The van der Waals surface area contributed by atoms with Gasteiger partial charge in [-0.25, -0.2) is 0 Å².